The molecule has 0 amide bonds. The third-order valence-electron chi connectivity index (χ3n) is 3.26. The van der Waals surface area contributed by atoms with Crippen LogP contribution in [-0.2, 0) is 13.0 Å². The molecule has 5 heteroatoms. The average molecular weight is 225 g/mol. The molecule has 1 heterocycles. The van der Waals surface area contributed by atoms with Crippen molar-refractivity contribution in [1.82, 2.24) is 15.5 Å². The van der Waals surface area contributed by atoms with Gasteiger partial charge in [-0.2, -0.15) is 0 Å². The minimum Gasteiger partial charge on any atom is -0.424 e. The number of rotatable bonds is 6. The van der Waals surface area contributed by atoms with Gasteiger partial charge in [0.1, 0.15) is 0 Å². The number of aromatic nitrogens is 2. The maximum atomic E-state index is 9.40. The molecule has 5 nitrogen and oxygen atoms in total. The molecule has 0 unspecified atom stereocenters. The molecule has 0 saturated heterocycles. The van der Waals surface area contributed by atoms with E-state index in [1.54, 1.807) is 0 Å². The van der Waals surface area contributed by atoms with Crippen LogP contribution in [0.15, 0.2) is 4.42 Å². The zero-order valence-corrected chi connectivity index (χ0v) is 9.86. The Morgan fingerprint density at radius 3 is 2.62 bits per heavy atom. The summed E-state index contributed by atoms with van der Waals surface area (Å²) >= 11 is 0. The van der Waals surface area contributed by atoms with E-state index in [0.717, 1.165) is 6.42 Å². The highest BCUT2D eigenvalue weighted by Crippen LogP contribution is 2.39. The van der Waals surface area contributed by atoms with Crippen LogP contribution in [0.3, 0.4) is 0 Å². The van der Waals surface area contributed by atoms with E-state index in [-0.39, 0.29) is 12.1 Å². The van der Waals surface area contributed by atoms with Crippen molar-refractivity contribution in [3.8, 4) is 0 Å². The third kappa shape index (κ3) is 2.41. The number of aryl methyl sites for hydroxylation is 1. The Morgan fingerprint density at radius 2 is 2.12 bits per heavy atom. The summed E-state index contributed by atoms with van der Waals surface area (Å²) in [6.07, 6.45) is 3.13. The number of aliphatic hydroxyl groups excluding tert-OH is 1. The fraction of sp³-hybridized carbons (Fsp3) is 0.818. The molecular formula is C11H19N3O2. The van der Waals surface area contributed by atoms with Crippen molar-refractivity contribution in [2.45, 2.75) is 45.2 Å². The van der Waals surface area contributed by atoms with Crippen LogP contribution in [0.2, 0.25) is 0 Å². The number of nitrogens with one attached hydrogen (secondary N) is 1. The van der Waals surface area contributed by atoms with Crippen LogP contribution in [-0.4, -0.2) is 27.4 Å². The molecule has 0 aromatic carbocycles. The maximum absolute atomic E-state index is 9.40. The van der Waals surface area contributed by atoms with Gasteiger partial charge in [-0.1, -0.05) is 6.92 Å². The van der Waals surface area contributed by atoms with Gasteiger partial charge in [0.15, 0.2) is 0 Å². The molecule has 1 saturated carbocycles. The Morgan fingerprint density at radius 1 is 1.44 bits per heavy atom. The fourth-order valence-electron chi connectivity index (χ4n) is 1.83. The SMILES string of the molecule is CCc1nnc(CN[C@](C)(CO)C2CC2)o1. The Balaban J connectivity index is 1.90. The lowest BCUT2D eigenvalue weighted by Crippen LogP contribution is -2.47. The zero-order valence-electron chi connectivity index (χ0n) is 9.86. The number of nitrogens with zero attached hydrogens (tertiary/aromatic N) is 2. The van der Waals surface area contributed by atoms with Crippen molar-refractivity contribution < 1.29 is 9.52 Å². The van der Waals surface area contributed by atoms with Gasteiger partial charge in [0.25, 0.3) is 0 Å². The first-order valence-corrected chi connectivity index (χ1v) is 5.85. The summed E-state index contributed by atoms with van der Waals surface area (Å²) in [5.74, 6) is 1.83. The quantitative estimate of drug-likeness (QED) is 0.752. The molecule has 2 N–H and O–H groups in total. The molecule has 0 radical (unpaired) electrons. The summed E-state index contributed by atoms with van der Waals surface area (Å²) in [4.78, 5) is 0. The molecule has 1 atom stereocenters. The van der Waals surface area contributed by atoms with E-state index in [2.05, 4.69) is 15.5 Å². The number of hydrogen-bond donors (Lipinski definition) is 2. The molecule has 1 aliphatic rings. The first-order valence-electron chi connectivity index (χ1n) is 5.85. The van der Waals surface area contributed by atoms with Crippen molar-refractivity contribution in [2.75, 3.05) is 6.61 Å². The Kier molecular flexibility index (Phi) is 3.25. The Bertz CT molecular complexity index is 349. The van der Waals surface area contributed by atoms with Crippen LogP contribution in [0.4, 0.5) is 0 Å². The lowest BCUT2D eigenvalue weighted by atomic mass is 9.97. The first kappa shape index (κ1) is 11.5. The highest BCUT2D eigenvalue weighted by Gasteiger charge is 2.40. The van der Waals surface area contributed by atoms with Crippen molar-refractivity contribution in [3.63, 3.8) is 0 Å². The molecule has 16 heavy (non-hydrogen) atoms. The minimum absolute atomic E-state index is 0.145. The van der Waals surface area contributed by atoms with Crippen molar-refractivity contribution in [1.29, 1.82) is 0 Å². The van der Waals surface area contributed by atoms with Gasteiger partial charge >= 0.3 is 0 Å². The van der Waals surface area contributed by atoms with Gasteiger partial charge in [-0.3, -0.25) is 0 Å². The van der Waals surface area contributed by atoms with E-state index in [0.29, 0.717) is 24.2 Å². The maximum Gasteiger partial charge on any atom is 0.230 e. The summed E-state index contributed by atoms with van der Waals surface area (Å²) in [5, 5.41) is 20.6. The third-order valence-corrected chi connectivity index (χ3v) is 3.26. The van der Waals surface area contributed by atoms with Gasteiger partial charge < -0.3 is 14.8 Å². The molecule has 90 valence electrons. The number of hydrogen-bond acceptors (Lipinski definition) is 5. The van der Waals surface area contributed by atoms with E-state index < -0.39 is 0 Å². The standard InChI is InChI=1S/C11H19N3O2/c1-3-9-13-14-10(16-9)6-12-11(2,7-15)8-4-5-8/h8,12,15H,3-7H2,1-2H3/t11-/m1/s1. The minimum atomic E-state index is -0.207. The summed E-state index contributed by atoms with van der Waals surface area (Å²) in [6, 6.07) is 0. The zero-order chi connectivity index (χ0) is 11.6. The summed E-state index contributed by atoms with van der Waals surface area (Å²) in [5.41, 5.74) is -0.207. The van der Waals surface area contributed by atoms with Crippen molar-refractivity contribution in [2.24, 2.45) is 5.92 Å². The molecule has 1 aromatic heterocycles. The predicted molar refractivity (Wildman–Crippen MR) is 58.7 cm³/mol. The lowest BCUT2D eigenvalue weighted by molar-refractivity contribution is 0.150. The fourth-order valence-corrected chi connectivity index (χ4v) is 1.83. The molecule has 1 fully saturated rings. The smallest absolute Gasteiger partial charge is 0.230 e. The largest absolute Gasteiger partial charge is 0.424 e. The van der Waals surface area contributed by atoms with E-state index in [1.807, 2.05) is 13.8 Å². The molecule has 0 aliphatic heterocycles. The second-order valence-corrected chi connectivity index (χ2v) is 4.65. The molecule has 0 bridgehead atoms. The van der Waals surface area contributed by atoms with Crippen LogP contribution in [0.5, 0.6) is 0 Å². The summed E-state index contributed by atoms with van der Waals surface area (Å²) in [6.45, 7) is 4.70. The van der Waals surface area contributed by atoms with Gasteiger partial charge in [0.2, 0.25) is 11.8 Å². The monoisotopic (exact) mass is 225 g/mol. The lowest BCUT2D eigenvalue weighted by Gasteiger charge is -2.28. The van der Waals surface area contributed by atoms with Crippen molar-refractivity contribution in [3.05, 3.63) is 11.8 Å². The Labute approximate surface area is 95.3 Å². The van der Waals surface area contributed by atoms with E-state index in [4.69, 9.17) is 4.42 Å². The molecule has 0 spiro atoms. The summed E-state index contributed by atoms with van der Waals surface area (Å²) < 4.78 is 5.41. The van der Waals surface area contributed by atoms with Gasteiger partial charge in [0.05, 0.1) is 13.2 Å². The van der Waals surface area contributed by atoms with Gasteiger partial charge in [-0.05, 0) is 25.7 Å². The van der Waals surface area contributed by atoms with E-state index in [9.17, 15) is 5.11 Å². The van der Waals surface area contributed by atoms with Crippen molar-refractivity contribution >= 4 is 0 Å². The molecule has 2 rings (SSSR count). The summed E-state index contributed by atoms with van der Waals surface area (Å²) in [7, 11) is 0. The predicted octanol–water partition coefficient (Wildman–Crippen LogP) is 0.883. The van der Waals surface area contributed by atoms with Gasteiger partial charge in [-0.15, -0.1) is 10.2 Å². The Hall–Kier alpha value is -0.940. The second-order valence-electron chi connectivity index (χ2n) is 4.65. The molecule has 1 aromatic rings. The normalized spacial score (nSPS) is 19.7. The highest BCUT2D eigenvalue weighted by molar-refractivity contribution is 4.98. The average Bonchev–Trinajstić information content (AvgIpc) is 3.06. The second kappa shape index (κ2) is 4.51. The van der Waals surface area contributed by atoms with Gasteiger partial charge in [0, 0.05) is 12.0 Å². The van der Waals surface area contributed by atoms with Crippen LogP contribution in [0.1, 0.15) is 38.5 Å². The first-order chi connectivity index (χ1) is 7.68. The number of aliphatic hydroxyl groups is 1. The highest BCUT2D eigenvalue weighted by atomic mass is 16.4. The van der Waals surface area contributed by atoms with Gasteiger partial charge in [-0.25, -0.2) is 0 Å². The topological polar surface area (TPSA) is 71.2 Å². The van der Waals surface area contributed by atoms with Crippen LogP contribution >= 0.6 is 0 Å². The van der Waals surface area contributed by atoms with Crippen LogP contribution in [0.25, 0.3) is 0 Å². The van der Waals surface area contributed by atoms with Crippen LogP contribution in [0, 0.1) is 5.92 Å². The molecule has 1 aliphatic carbocycles. The van der Waals surface area contributed by atoms with E-state index >= 15 is 0 Å². The molecular weight excluding hydrogens is 206 g/mol. The van der Waals surface area contributed by atoms with Crippen LogP contribution < -0.4 is 5.32 Å². The van der Waals surface area contributed by atoms with E-state index in [1.165, 1.54) is 12.8 Å².